The van der Waals surface area contributed by atoms with Gasteiger partial charge in [0.1, 0.15) is 5.82 Å². The standard InChI is InChI=1S/C23H30N4O4S/c1-18-7-10-27(11-8-18)32(29,30)21-4-2-20(3-5-21)23(28)25-17-19-6-9-24-22(16-19)26-12-14-31-15-13-26/h2-6,9,16,18H,7-8,10-15,17H2,1H3,(H,25,28). The molecule has 1 aromatic carbocycles. The van der Waals surface area contributed by atoms with Gasteiger partial charge < -0.3 is 15.0 Å². The summed E-state index contributed by atoms with van der Waals surface area (Å²) in [5.41, 5.74) is 1.38. The summed E-state index contributed by atoms with van der Waals surface area (Å²) in [4.78, 5) is 19.4. The zero-order valence-electron chi connectivity index (χ0n) is 18.4. The van der Waals surface area contributed by atoms with E-state index in [1.54, 1.807) is 18.3 Å². The molecule has 172 valence electrons. The van der Waals surface area contributed by atoms with Crippen LogP contribution in [0.3, 0.4) is 0 Å². The lowest BCUT2D eigenvalue weighted by atomic mass is 10.0. The zero-order chi connectivity index (χ0) is 22.6. The minimum absolute atomic E-state index is 0.230. The predicted octanol–water partition coefficient (Wildman–Crippen LogP) is 2.27. The molecule has 0 atom stereocenters. The van der Waals surface area contributed by atoms with E-state index in [2.05, 4.69) is 22.1 Å². The lowest BCUT2D eigenvalue weighted by Crippen LogP contribution is -2.37. The molecular weight excluding hydrogens is 428 g/mol. The number of hydrogen-bond donors (Lipinski definition) is 1. The van der Waals surface area contributed by atoms with Gasteiger partial charge in [0.25, 0.3) is 5.91 Å². The van der Waals surface area contributed by atoms with Crippen LogP contribution in [0, 0.1) is 5.92 Å². The van der Waals surface area contributed by atoms with Crippen molar-refractivity contribution < 1.29 is 17.9 Å². The SMILES string of the molecule is CC1CCN(S(=O)(=O)c2ccc(C(=O)NCc3ccnc(N4CCOCC4)c3)cc2)CC1. The summed E-state index contributed by atoms with van der Waals surface area (Å²) < 4.78 is 32.6. The van der Waals surface area contributed by atoms with Crippen LogP contribution < -0.4 is 10.2 Å². The van der Waals surface area contributed by atoms with Crippen molar-refractivity contribution in [3.05, 3.63) is 53.7 Å². The Morgan fingerprint density at radius 2 is 1.78 bits per heavy atom. The number of nitrogens with zero attached hydrogens (tertiary/aromatic N) is 3. The van der Waals surface area contributed by atoms with Gasteiger partial charge in [-0.15, -0.1) is 0 Å². The number of benzene rings is 1. The van der Waals surface area contributed by atoms with Gasteiger partial charge in [0.15, 0.2) is 0 Å². The lowest BCUT2D eigenvalue weighted by Gasteiger charge is -2.29. The molecule has 1 N–H and O–H groups in total. The average molecular weight is 459 g/mol. The maximum atomic E-state index is 12.9. The van der Waals surface area contributed by atoms with Gasteiger partial charge in [0, 0.05) is 44.5 Å². The van der Waals surface area contributed by atoms with Crippen molar-refractivity contribution in [3.8, 4) is 0 Å². The lowest BCUT2D eigenvalue weighted by molar-refractivity contribution is 0.0950. The van der Waals surface area contributed by atoms with E-state index < -0.39 is 10.0 Å². The van der Waals surface area contributed by atoms with Crippen LogP contribution in [0.25, 0.3) is 0 Å². The first kappa shape index (κ1) is 22.7. The van der Waals surface area contributed by atoms with Gasteiger partial charge in [0.05, 0.1) is 18.1 Å². The number of pyridine rings is 1. The van der Waals surface area contributed by atoms with Crippen LogP contribution in [0.5, 0.6) is 0 Å². The van der Waals surface area contributed by atoms with Crippen LogP contribution in [0.2, 0.25) is 0 Å². The van der Waals surface area contributed by atoms with E-state index in [1.807, 2.05) is 12.1 Å². The second kappa shape index (κ2) is 9.97. The first-order valence-electron chi connectivity index (χ1n) is 11.1. The third-order valence-electron chi connectivity index (χ3n) is 6.09. The molecule has 1 aromatic heterocycles. The molecule has 0 saturated carbocycles. The highest BCUT2D eigenvalue weighted by Gasteiger charge is 2.28. The van der Waals surface area contributed by atoms with E-state index >= 15 is 0 Å². The fourth-order valence-electron chi connectivity index (χ4n) is 3.97. The fourth-order valence-corrected chi connectivity index (χ4v) is 5.44. The van der Waals surface area contributed by atoms with Crippen molar-refractivity contribution in [2.75, 3.05) is 44.3 Å². The molecule has 2 saturated heterocycles. The van der Waals surface area contributed by atoms with Crippen molar-refractivity contribution in [2.24, 2.45) is 5.92 Å². The van der Waals surface area contributed by atoms with Crippen molar-refractivity contribution in [1.29, 1.82) is 0 Å². The number of rotatable bonds is 6. The molecule has 0 radical (unpaired) electrons. The van der Waals surface area contributed by atoms with Crippen LogP contribution >= 0.6 is 0 Å². The van der Waals surface area contributed by atoms with Crippen LogP contribution in [0.1, 0.15) is 35.7 Å². The smallest absolute Gasteiger partial charge is 0.251 e. The molecule has 32 heavy (non-hydrogen) atoms. The maximum absolute atomic E-state index is 12.9. The molecule has 0 unspecified atom stereocenters. The Hall–Kier alpha value is -2.49. The molecule has 2 fully saturated rings. The Kier molecular flexibility index (Phi) is 7.07. The first-order chi connectivity index (χ1) is 15.4. The number of morpholine rings is 1. The monoisotopic (exact) mass is 458 g/mol. The molecule has 0 bridgehead atoms. The quantitative estimate of drug-likeness (QED) is 0.714. The summed E-state index contributed by atoms with van der Waals surface area (Å²) in [5, 5.41) is 2.90. The number of sulfonamides is 1. The molecule has 2 aliphatic heterocycles. The van der Waals surface area contributed by atoms with Crippen molar-refractivity contribution in [3.63, 3.8) is 0 Å². The average Bonchev–Trinajstić information content (AvgIpc) is 2.83. The van der Waals surface area contributed by atoms with Gasteiger partial charge in [-0.25, -0.2) is 13.4 Å². The minimum Gasteiger partial charge on any atom is -0.378 e. The summed E-state index contributed by atoms with van der Waals surface area (Å²) >= 11 is 0. The van der Waals surface area contributed by atoms with Gasteiger partial charge in [-0.1, -0.05) is 6.92 Å². The van der Waals surface area contributed by atoms with E-state index in [0.29, 0.717) is 44.3 Å². The number of anilines is 1. The number of amides is 1. The molecule has 0 spiro atoms. The summed E-state index contributed by atoms with van der Waals surface area (Å²) in [7, 11) is -3.52. The number of carbonyl (C=O) groups is 1. The summed E-state index contributed by atoms with van der Waals surface area (Å²) in [5.74, 6) is 1.19. The Balaban J connectivity index is 1.36. The Labute approximate surface area is 189 Å². The molecule has 9 heteroatoms. The third kappa shape index (κ3) is 5.28. The molecule has 8 nitrogen and oxygen atoms in total. The van der Waals surface area contributed by atoms with Crippen molar-refractivity contribution in [1.82, 2.24) is 14.6 Å². The van der Waals surface area contributed by atoms with Gasteiger partial charge >= 0.3 is 0 Å². The minimum atomic E-state index is -3.52. The van der Waals surface area contributed by atoms with Crippen molar-refractivity contribution >= 4 is 21.7 Å². The van der Waals surface area contributed by atoms with E-state index in [0.717, 1.165) is 37.3 Å². The Morgan fingerprint density at radius 1 is 1.09 bits per heavy atom. The highest BCUT2D eigenvalue weighted by atomic mass is 32.2. The van der Waals surface area contributed by atoms with E-state index in [4.69, 9.17) is 4.74 Å². The molecular formula is C23H30N4O4S. The highest BCUT2D eigenvalue weighted by Crippen LogP contribution is 2.23. The number of aromatic nitrogens is 1. The molecule has 1 amide bonds. The van der Waals surface area contributed by atoms with Crippen LogP contribution in [-0.2, 0) is 21.3 Å². The third-order valence-corrected chi connectivity index (χ3v) is 8.01. The van der Waals surface area contributed by atoms with Gasteiger partial charge in [-0.3, -0.25) is 4.79 Å². The first-order valence-corrected chi connectivity index (χ1v) is 12.5. The predicted molar refractivity (Wildman–Crippen MR) is 122 cm³/mol. The maximum Gasteiger partial charge on any atom is 0.251 e. The largest absolute Gasteiger partial charge is 0.378 e. The van der Waals surface area contributed by atoms with Crippen LogP contribution in [0.4, 0.5) is 5.82 Å². The summed E-state index contributed by atoms with van der Waals surface area (Å²) in [6.45, 7) is 6.57. The second-order valence-electron chi connectivity index (χ2n) is 8.42. The molecule has 3 heterocycles. The molecule has 2 aliphatic rings. The summed E-state index contributed by atoms with van der Waals surface area (Å²) in [6, 6.07) is 10.0. The fraction of sp³-hybridized carbons (Fsp3) is 0.478. The number of hydrogen-bond acceptors (Lipinski definition) is 6. The van der Waals surface area contributed by atoms with E-state index in [9.17, 15) is 13.2 Å². The zero-order valence-corrected chi connectivity index (χ0v) is 19.2. The molecule has 2 aromatic rings. The number of nitrogens with one attached hydrogen (secondary N) is 1. The normalized spacial score (nSPS) is 18.5. The van der Waals surface area contributed by atoms with Gasteiger partial charge in [-0.2, -0.15) is 4.31 Å². The second-order valence-corrected chi connectivity index (χ2v) is 10.4. The van der Waals surface area contributed by atoms with Crippen molar-refractivity contribution in [2.45, 2.75) is 31.2 Å². The number of carbonyl (C=O) groups excluding carboxylic acids is 1. The number of ether oxygens (including phenoxy) is 1. The number of piperidine rings is 1. The van der Waals surface area contributed by atoms with E-state index in [1.165, 1.54) is 16.4 Å². The summed E-state index contributed by atoms with van der Waals surface area (Å²) in [6.07, 6.45) is 3.50. The molecule has 0 aliphatic carbocycles. The van der Waals surface area contributed by atoms with Gasteiger partial charge in [0.2, 0.25) is 10.0 Å². The topological polar surface area (TPSA) is 91.8 Å². The highest BCUT2D eigenvalue weighted by molar-refractivity contribution is 7.89. The Bertz CT molecular complexity index is 1030. The van der Waals surface area contributed by atoms with Crippen LogP contribution in [-0.4, -0.2) is 63.0 Å². The molecule has 4 rings (SSSR count). The Morgan fingerprint density at radius 3 is 2.47 bits per heavy atom. The van der Waals surface area contributed by atoms with Crippen LogP contribution in [0.15, 0.2) is 47.5 Å². The van der Waals surface area contributed by atoms with E-state index in [-0.39, 0.29) is 10.8 Å². The van der Waals surface area contributed by atoms with Gasteiger partial charge in [-0.05, 0) is 60.7 Å².